The first-order valence-corrected chi connectivity index (χ1v) is 13.9. The Morgan fingerprint density at radius 1 is 1.10 bits per heavy atom. The van der Waals surface area contributed by atoms with Crippen LogP contribution in [-0.2, 0) is 9.53 Å². The predicted molar refractivity (Wildman–Crippen MR) is 151 cm³/mol. The number of anilines is 3. The Labute approximate surface area is 234 Å². The van der Waals surface area contributed by atoms with Crippen molar-refractivity contribution in [3.05, 3.63) is 41.6 Å². The lowest BCUT2D eigenvalue weighted by atomic mass is 9.80. The lowest BCUT2D eigenvalue weighted by molar-refractivity contribution is -0.126. The van der Waals surface area contributed by atoms with Gasteiger partial charge in [-0.25, -0.2) is 9.78 Å². The highest BCUT2D eigenvalue weighted by molar-refractivity contribution is 5.86. The van der Waals surface area contributed by atoms with Crippen molar-refractivity contribution in [2.75, 3.05) is 17.2 Å². The zero-order valence-electron chi connectivity index (χ0n) is 23.2. The molecule has 2 heterocycles. The van der Waals surface area contributed by atoms with Gasteiger partial charge in [-0.15, -0.1) is 0 Å². The zero-order chi connectivity index (χ0) is 28.3. The number of benzene rings is 1. The molecular weight excluding hydrogens is 506 g/mol. The summed E-state index contributed by atoms with van der Waals surface area (Å²) in [5.41, 5.74) is 1.53. The summed E-state index contributed by atoms with van der Waals surface area (Å²) in [6, 6.07) is 9.19. The van der Waals surface area contributed by atoms with Gasteiger partial charge in [0.25, 0.3) is 0 Å². The van der Waals surface area contributed by atoms with Gasteiger partial charge in [0.1, 0.15) is 17.5 Å². The molecule has 2 amide bonds. The average Bonchev–Trinajstić information content (AvgIpc) is 3.56. The first kappa shape index (κ1) is 27.3. The Morgan fingerprint density at radius 3 is 2.52 bits per heavy atom. The van der Waals surface area contributed by atoms with Gasteiger partial charge in [-0.2, -0.15) is 10.2 Å². The molecule has 0 spiro atoms. The number of nitrogens with zero attached hydrogens (tertiary/aromatic N) is 4. The maximum Gasteiger partial charge on any atom is 0.410 e. The minimum Gasteiger partial charge on any atom is -0.444 e. The summed E-state index contributed by atoms with van der Waals surface area (Å²) in [6.45, 7) is 6.01. The molecule has 10 heteroatoms. The van der Waals surface area contributed by atoms with E-state index in [0.29, 0.717) is 36.3 Å². The molecule has 5 rings (SSSR count). The van der Waals surface area contributed by atoms with Gasteiger partial charge in [-0.1, -0.05) is 11.8 Å². The van der Waals surface area contributed by atoms with Gasteiger partial charge >= 0.3 is 6.09 Å². The molecule has 0 bridgehead atoms. The normalized spacial score (nSPS) is 21.8. The van der Waals surface area contributed by atoms with Gasteiger partial charge < -0.3 is 20.7 Å². The van der Waals surface area contributed by atoms with Crippen LogP contribution in [0.2, 0.25) is 0 Å². The van der Waals surface area contributed by atoms with Gasteiger partial charge in [-0.05, 0) is 83.6 Å². The molecule has 2 aromatic rings. The van der Waals surface area contributed by atoms with E-state index in [1.54, 1.807) is 23.2 Å². The van der Waals surface area contributed by atoms with E-state index >= 15 is 0 Å². The highest BCUT2D eigenvalue weighted by Gasteiger charge is 2.39. The van der Waals surface area contributed by atoms with Crippen LogP contribution < -0.4 is 16.0 Å². The molecule has 40 heavy (non-hydrogen) atoms. The van der Waals surface area contributed by atoms with Crippen LogP contribution >= 0.6 is 0 Å². The van der Waals surface area contributed by atoms with E-state index < -0.39 is 17.7 Å². The van der Waals surface area contributed by atoms with Crippen molar-refractivity contribution in [1.82, 2.24) is 20.2 Å². The molecule has 3 fully saturated rings. The highest BCUT2D eigenvalue weighted by Crippen LogP contribution is 2.30. The monoisotopic (exact) mass is 541 g/mol. The number of aromatic nitrogens is 2. The first-order valence-electron chi connectivity index (χ1n) is 13.9. The number of carbonyl (C=O) groups is 2. The van der Waals surface area contributed by atoms with Crippen LogP contribution in [0.4, 0.5) is 22.2 Å². The number of hydrogen-bond donors (Lipinski definition) is 3. The van der Waals surface area contributed by atoms with Crippen molar-refractivity contribution in [3.63, 3.8) is 0 Å². The number of amides is 2. The molecule has 3 N–H and O–H groups in total. The molecule has 2 aliphatic carbocycles. The standard InChI is InChI=1S/C30H35N7O3/c1-30(2,3)40-29(39)37-14-4-5-25(37)27(38)34-24-15-20(16-24)6-9-21-18-32-28(36-26(21)33-22-12-13-22)35-23-10-7-19(17-31)8-11-23/h7-8,10-11,18,20,22,24-25H,4-5,12-16H2,1-3H3,(H,34,38)(H2,32,33,35,36)/t20-,24+,25-/m0/s1. The molecule has 10 nitrogen and oxygen atoms in total. The van der Waals surface area contributed by atoms with Crippen molar-refractivity contribution < 1.29 is 14.3 Å². The van der Waals surface area contributed by atoms with E-state index in [0.717, 1.165) is 43.4 Å². The third-order valence-electron chi connectivity index (χ3n) is 7.06. The molecule has 0 radical (unpaired) electrons. The molecule has 1 saturated heterocycles. The number of nitriles is 1. The second-order valence-corrected chi connectivity index (χ2v) is 11.7. The predicted octanol–water partition coefficient (Wildman–Crippen LogP) is 4.31. The van der Waals surface area contributed by atoms with Gasteiger partial charge in [0.2, 0.25) is 11.9 Å². The maximum absolute atomic E-state index is 12.9. The first-order chi connectivity index (χ1) is 19.2. The molecular formula is C30H35N7O3. The summed E-state index contributed by atoms with van der Waals surface area (Å²) in [7, 11) is 0. The van der Waals surface area contributed by atoms with Crippen molar-refractivity contribution in [3.8, 4) is 17.9 Å². The maximum atomic E-state index is 12.9. The van der Waals surface area contributed by atoms with Crippen LogP contribution in [0.15, 0.2) is 30.5 Å². The van der Waals surface area contributed by atoms with E-state index in [-0.39, 0.29) is 17.9 Å². The molecule has 3 aliphatic rings. The number of carbonyl (C=O) groups excluding carboxylic acids is 2. The Bertz CT molecular complexity index is 1360. The van der Waals surface area contributed by atoms with Gasteiger partial charge in [0, 0.05) is 30.2 Å². The number of nitrogens with one attached hydrogen (secondary N) is 3. The third kappa shape index (κ3) is 7.01. The summed E-state index contributed by atoms with van der Waals surface area (Å²) < 4.78 is 5.48. The Kier molecular flexibility index (Phi) is 7.79. The fraction of sp³-hybridized carbons (Fsp3) is 0.500. The van der Waals surface area contributed by atoms with E-state index in [4.69, 9.17) is 10.00 Å². The van der Waals surface area contributed by atoms with Crippen LogP contribution in [0, 0.1) is 29.1 Å². The number of rotatable bonds is 6. The molecule has 1 aliphatic heterocycles. The number of likely N-dealkylation sites (tertiary alicyclic amines) is 1. The van der Waals surface area contributed by atoms with E-state index in [1.165, 1.54) is 0 Å². The molecule has 1 aromatic heterocycles. The molecule has 2 saturated carbocycles. The summed E-state index contributed by atoms with van der Waals surface area (Å²) >= 11 is 0. The fourth-order valence-corrected chi connectivity index (χ4v) is 4.73. The van der Waals surface area contributed by atoms with E-state index in [9.17, 15) is 9.59 Å². The molecule has 1 atom stereocenters. The highest BCUT2D eigenvalue weighted by atomic mass is 16.6. The van der Waals surface area contributed by atoms with Crippen molar-refractivity contribution in [2.45, 2.75) is 83.0 Å². The lowest BCUT2D eigenvalue weighted by Gasteiger charge is -2.34. The molecule has 0 unspecified atom stereocenters. The SMILES string of the molecule is CC(C)(C)OC(=O)N1CCC[C@H]1C(=O)N[C@H]1C[C@@H](C#Cc2cnc(Nc3ccc(C#N)cc3)nc2NC2CC2)C1. The zero-order valence-corrected chi connectivity index (χ0v) is 23.2. The van der Waals surface area contributed by atoms with Gasteiger partial charge in [0.15, 0.2) is 0 Å². The van der Waals surface area contributed by atoms with Crippen LogP contribution in [-0.4, -0.2) is 57.1 Å². The fourth-order valence-electron chi connectivity index (χ4n) is 4.73. The smallest absolute Gasteiger partial charge is 0.410 e. The quantitative estimate of drug-likeness (QED) is 0.461. The number of hydrogen-bond acceptors (Lipinski definition) is 8. The Morgan fingerprint density at radius 2 is 1.85 bits per heavy atom. The van der Waals surface area contributed by atoms with Crippen molar-refractivity contribution >= 4 is 29.5 Å². The second-order valence-electron chi connectivity index (χ2n) is 11.7. The largest absolute Gasteiger partial charge is 0.444 e. The second kappa shape index (κ2) is 11.4. The van der Waals surface area contributed by atoms with Gasteiger partial charge in [-0.3, -0.25) is 9.69 Å². The van der Waals surface area contributed by atoms with Crippen molar-refractivity contribution in [2.24, 2.45) is 5.92 Å². The Hall–Kier alpha value is -4.31. The minimum atomic E-state index is -0.596. The minimum absolute atomic E-state index is 0.0483. The lowest BCUT2D eigenvalue weighted by Crippen LogP contribution is -2.52. The van der Waals surface area contributed by atoms with Crippen LogP contribution in [0.1, 0.15) is 70.4 Å². The summed E-state index contributed by atoms with van der Waals surface area (Å²) in [4.78, 5) is 36.1. The molecule has 1 aromatic carbocycles. The topological polar surface area (TPSA) is 132 Å². The Balaban J connectivity index is 1.16. The summed E-state index contributed by atoms with van der Waals surface area (Å²) in [6.07, 6.45) is 6.46. The molecule has 208 valence electrons. The van der Waals surface area contributed by atoms with E-state index in [2.05, 4.69) is 43.8 Å². The van der Waals surface area contributed by atoms with Crippen LogP contribution in [0.3, 0.4) is 0 Å². The van der Waals surface area contributed by atoms with Crippen LogP contribution in [0.5, 0.6) is 0 Å². The summed E-state index contributed by atoms with van der Waals surface area (Å²) in [5.74, 6) is 7.77. The number of ether oxygens (including phenoxy) is 1. The van der Waals surface area contributed by atoms with E-state index in [1.807, 2.05) is 32.9 Å². The summed E-state index contributed by atoms with van der Waals surface area (Å²) in [5, 5.41) is 18.7. The third-order valence-corrected chi connectivity index (χ3v) is 7.06. The average molecular weight is 542 g/mol. The van der Waals surface area contributed by atoms with Crippen LogP contribution in [0.25, 0.3) is 0 Å². The van der Waals surface area contributed by atoms with Crippen molar-refractivity contribution in [1.29, 1.82) is 5.26 Å². The van der Waals surface area contributed by atoms with Gasteiger partial charge in [0.05, 0.1) is 23.4 Å².